The fourth-order valence-electron chi connectivity index (χ4n) is 2.64. The fraction of sp³-hybridized carbons (Fsp3) is 0.571. The van der Waals surface area contributed by atoms with E-state index in [1.807, 2.05) is 12.1 Å². The highest BCUT2D eigenvalue weighted by molar-refractivity contribution is 5.27. The lowest BCUT2D eigenvalue weighted by atomic mass is 9.84. The number of nitrogens with one attached hydrogen (secondary N) is 1. The van der Waals surface area contributed by atoms with E-state index < -0.39 is 0 Å². The highest BCUT2D eigenvalue weighted by Crippen LogP contribution is 2.25. The molecule has 0 aromatic heterocycles. The topological polar surface area (TPSA) is 41.5 Å². The minimum atomic E-state index is 0.0734. The first-order valence-electron chi connectivity index (χ1n) is 6.26. The second-order valence-electron chi connectivity index (χ2n) is 4.94. The Balaban J connectivity index is 2.08. The van der Waals surface area contributed by atoms with Crippen LogP contribution in [0.3, 0.4) is 0 Å². The molecule has 1 atom stereocenters. The number of rotatable bonds is 4. The Morgan fingerprint density at radius 2 is 2.06 bits per heavy atom. The van der Waals surface area contributed by atoms with E-state index in [0.29, 0.717) is 5.75 Å². The van der Waals surface area contributed by atoms with Gasteiger partial charge in [-0.25, -0.2) is 0 Å². The molecule has 1 aliphatic heterocycles. The van der Waals surface area contributed by atoms with E-state index in [2.05, 4.69) is 5.32 Å². The van der Waals surface area contributed by atoms with Crippen LogP contribution in [-0.4, -0.2) is 30.9 Å². The molecule has 1 saturated heterocycles. The number of hydrogen-bond acceptors (Lipinski definition) is 3. The molecule has 1 heterocycles. The minimum absolute atomic E-state index is 0.0734. The fourth-order valence-corrected chi connectivity index (χ4v) is 2.64. The van der Waals surface area contributed by atoms with Gasteiger partial charge in [0.25, 0.3) is 0 Å². The Labute approximate surface area is 103 Å². The van der Waals surface area contributed by atoms with Gasteiger partial charge in [-0.15, -0.1) is 0 Å². The summed E-state index contributed by atoms with van der Waals surface area (Å²) in [7, 11) is 1.76. The van der Waals surface area contributed by atoms with Gasteiger partial charge >= 0.3 is 0 Å². The van der Waals surface area contributed by atoms with Crippen LogP contribution in [0.25, 0.3) is 0 Å². The number of ether oxygens (including phenoxy) is 1. The van der Waals surface area contributed by atoms with E-state index in [0.717, 1.165) is 26.0 Å². The van der Waals surface area contributed by atoms with E-state index in [1.165, 1.54) is 18.4 Å². The van der Waals surface area contributed by atoms with Crippen molar-refractivity contribution < 1.29 is 9.84 Å². The third-order valence-corrected chi connectivity index (χ3v) is 3.48. The van der Waals surface area contributed by atoms with Gasteiger partial charge in [0.05, 0.1) is 6.61 Å². The quantitative estimate of drug-likeness (QED) is 0.839. The maximum atomic E-state index is 9.29. The van der Waals surface area contributed by atoms with Crippen LogP contribution in [0.15, 0.2) is 24.3 Å². The lowest BCUT2D eigenvalue weighted by molar-refractivity contribution is 0.0894. The van der Waals surface area contributed by atoms with Crippen LogP contribution in [0.4, 0.5) is 0 Å². The van der Waals surface area contributed by atoms with Crippen LogP contribution in [0.2, 0.25) is 0 Å². The second-order valence-corrected chi connectivity index (χ2v) is 4.94. The molecule has 0 radical (unpaired) electrons. The molecule has 2 rings (SSSR count). The van der Waals surface area contributed by atoms with Crippen LogP contribution >= 0.6 is 0 Å². The van der Waals surface area contributed by atoms with E-state index in [4.69, 9.17) is 4.74 Å². The van der Waals surface area contributed by atoms with Crippen molar-refractivity contribution >= 4 is 0 Å². The third-order valence-electron chi connectivity index (χ3n) is 3.48. The van der Waals surface area contributed by atoms with Crippen molar-refractivity contribution in [3.05, 3.63) is 29.8 Å². The molecule has 1 aromatic rings. The minimum Gasteiger partial charge on any atom is -0.508 e. The zero-order chi connectivity index (χ0) is 12.1. The molecule has 1 unspecified atom stereocenters. The first-order chi connectivity index (χ1) is 8.24. The summed E-state index contributed by atoms with van der Waals surface area (Å²) in [5.74, 6) is 0.325. The van der Waals surface area contributed by atoms with Crippen molar-refractivity contribution in [3.8, 4) is 5.75 Å². The van der Waals surface area contributed by atoms with E-state index in [1.54, 1.807) is 19.2 Å². The maximum absolute atomic E-state index is 9.29. The molecule has 0 amide bonds. The normalized spacial score (nSPS) is 24.8. The first kappa shape index (κ1) is 12.4. The van der Waals surface area contributed by atoms with Crippen LogP contribution in [0.5, 0.6) is 5.75 Å². The van der Waals surface area contributed by atoms with Gasteiger partial charge in [0, 0.05) is 12.6 Å². The van der Waals surface area contributed by atoms with E-state index >= 15 is 0 Å². The SMILES string of the molecule is COCC1(Cc2ccc(O)cc2)CCCCN1. The van der Waals surface area contributed by atoms with Gasteiger partial charge in [-0.05, 0) is 43.5 Å². The number of phenols is 1. The number of methoxy groups -OCH3 is 1. The largest absolute Gasteiger partial charge is 0.508 e. The molecule has 17 heavy (non-hydrogen) atoms. The monoisotopic (exact) mass is 235 g/mol. The number of aromatic hydroxyl groups is 1. The molecule has 2 N–H and O–H groups in total. The molecular formula is C14H21NO2. The Bertz CT molecular complexity index is 336. The standard InChI is InChI=1S/C14H21NO2/c1-17-11-14(8-2-3-9-15-14)10-12-4-6-13(16)7-5-12/h4-7,15-16H,2-3,8-11H2,1H3. The van der Waals surface area contributed by atoms with Crippen molar-refractivity contribution in [2.24, 2.45) is 0 Å². The number of phenolic OH excluding ortho intramolecular Hbond substituents is 1. The van der Waals surface area contributed by atoms with Gasteiger partial charge in [-0.2, -0.15) is 0 Å². The van der Waals surface area contributed by atoms with Crippen molar-refractivity contribution in [3.63, 3.8) is 0 Å². The molecule has 0 spiro atoms. The molecule has 3 nitrogen and oxygen atoms in total. The Kier molecular flexibility index (Phi) is 4.02. The van der Waals surface area contributed by atoms with Crippen molar-refractivity contribution in [2.75, 3.05) is 20.3 Å². The number of piperidine rings is 1. The van der Waals surface area contributed by atoms with Crippen LogP contribution in [0, 0.1) is 0 Å². The van der Waals surface area contributed by atoms with Gasteiger partial charge in [-0.3, -0.25) is 0 Å². The van der Waals surface area contributed by atoms with Crippen LogP contribution in [-0.2, 0) is 11.2 Å². The summed E-state index contributed by atoms with van der Waals surface area (Å²) >= 11 is 0. The highest BCUT2D eigenvalue weighted by Gasteiger charge is 2.31. The second kappa shape index (κ2) is 5.52. The van der Waals surface area contributed by atoms with Gasteiger partial charge in [-0.1, -0.05) is 18.6 Å². The molecule has 94 valence electrons. The molecule has 0 aliphatic carbocycles. The van der Waals surface area contributed by atoms with Crippen molar-refractivity contribution in [2.45, 2.75) is 31.2 Å². The maximum Gasteiger partial charge on any atom is 0.115 e. The van der Waals surface area contributed by atoms with Gasteiger partial charge in [0.15, 0.2) is 0 Å². The Morgan fingerprint density at radius 3 is 2.65 bits per heavy atom. The molecule has 1 aliphatic rings. The summed E-state index contributed by atoms with van der Waals surface area (Å²) in [5, 5.41) is 12.9. The molecule has 3 heteroatoms. The number of benzene rings is 1. The first-order valence-corrected chi connectivity index (χ1v) is 6.26. The third kappa shape index (κ3) is 3.20. The number of hydrogen-bond donors (Lipinski definition) is 2. The van der Waals surface area contributed by atoms with Crippen LogP contribution in [0.1, 0.15) is 24.8 Å². The van der Waals surface area contributed by atoms with E-state index in [9.17, 15) is 5.11 Å². The Hall–Kier alpha value is -1.06. The van der Waals surface area contributed by atoms with Gasteiger partial charge < -0.3 is 15.2 Å². The average molecular weight is 235 g/mol. The lowest BCUT2D eigenvalue weighted by Crippen LogP contribution is -2.53. The van der Waals surface area contributed by atoms with Crippen molar-refractivity contribution in [1.29, 1.82) is 0 Å². The molecular weight excluding hydrogens is 214 g/mol. The predicted molar refractivity (Wildman–Crippen MR) is 68.3 cm³/mol. The summed E-state index contributed by atoms with van der Waals surface area (Å²) in [6, 6.07) is 7.48. The van der Waals surface area contributed by atoms with Gasteiger partial charge in [0.2, 0.25) is 0 Å². The van der Waals surface area contributed by atoms with Gasteiger partial charge in [0.1, 0.15) is 5.75 Å². The summed E-state index contributed by atoms with van der Waals surface area (Å²) in [5.41, 5.74) is 1.32. The Morgan fingerprint density at radius 1 is 1.29 bits per heavy atom. The molecule has 0 saturated carbocycles. The molecule has 1 aromatic carbocycles. The summed E-state index contributed by atoms with van der Waals surface area (Å²) in [6.45, 7) is 1.81. The lowest BCUT2D eigenvalue weighted by Gasteiger charge is -2.38. The highest BCUT2D eigenvalue weighted by atomic mass is 16.5. The molecule has 1 fully saturated rings. The zero-order valence-corrected chi connectivity index (χ0v) is 10.4. The summed E-state index contributed by atoms with van der Waals surface area (Å²) < 4.78 is 5.37. The predicted octanol–water partition coefficient (Wildman–Crippen LogP) is 2.09. The average Bonchev–Trinajstić information content (AvgIpc) is 2.34. The van der Waals surface area contributed by atoms with Crippen molar-refractivity contribution in [1.82, 2.24) is 5.32 Å². The summed E-state index contributed by atoms with van der Waals surface area (Å²) in [6.07, 6.45) is 4.62. The van der Waals surface area contributed by atoms with E-state index in [-0.39, 0.29) is 5.54 Å². The molecule has 0 bridgehead atoms. The summed E-state index contributed by atoms with van der Waals surface area (Å²) in [4.78, 5) is 0. The van der Waals surface area contributed by atoms with Crippen LogP contribution < -0.4 is 5.32 Å². The zero-order valence-electron chi connectivity index (χ0n) is 10.4. The smallest absolute Gasteiger partial charge is 0.115 e.